The molecule has 2 aliphatic heterocycles. The van der Waals surface area contributed by atoms with Gasteiger partial charge in [0.1, 0.15) is 23.0 Å². The fourth-order valence-corrected chi connectivity index (χ4v) is 6.16. The molecule has 214 valence electrons. The van der Waals surface area contributed by atoms with Crippen LogP contribution in [0.5, 0.6) is 5.75 Å². The molecule has 5 heterocycles. The summed E-state index contributed by atoms with van der Waals surface area (Å²) < 4.78 is 60.8. The molecule has 4 aromatic rings. The molecule has 12 heteroatoms. The van der Waals surface area contributed by atoms with Crippen LogP contribution in [0.25, 0.3) is 22.6 Å². The van der Waals surface area contributed by atoms with E-state index < -0.39 is 6.36 Å². The molecule has 2 saturated heterocycles. The highest BCUT2D eigenvalue weighted by Gasteiger charge is 2.42. The zero-order valence-corrected chi connectivity index (χ0v) is 21.9. The van der Waals surface area contributed by atoms with Crippen LogP contribution < -0.4 is 15.2 Å². The summed E-state index contributed by atoms with van der Waals surface area (Å²) in [6.07, 6.45) is 2.42. The minimum absolute atomic E-state index is 0.0198. The summed E-state index contributed by atoms with van der Waals surface area (Å²) in [5, 5.41) is 6.47. The number of aromatic nitrogens is 3. The van der Waals surface area contributed by atoms with Gasteiger partial charge in [-0.05, 0) is 62.8 Å². The monoisotopic (exact) mass is 568 g/mol. The van der Waals surface area contributed by atoms with Gasteiger partial charge in [-0.1, -0.05) is 17.3 Å². The number of aromatic amines is 1. The van der Waals surface area contributed by atoms with Crippen molar-refractivity contribution in [3.05, 3.63) is 70.3 Å². The number of fused-ring (bicyclic) bond motifs is 2. The van der Waals surface area contributed by atoms with Crippen molar-refractivity contribution in [1.82, 2.24) is 15.3 Å². The van der Waals surface area contributed by atoms with E-state index in [4.69, 9.17) is 13.8 Å². The molecule has 9 nitrogen and oxygen atoms in total. The maximum Gasteiger partial charge on any atom is 0.573 e. The van der Waals surface area contributed by atoms with Gasteiger partial charge in [0.15, 0.2) is 5.76 Å². The van der Waals surface area contributed by atoms with E-state index >= 15 is 0 Å². The molecule has 7 rings (SSSR count). The van der Waals surface area contributed by atoms with E-state index in [1.807, 2.05) is 12.1 Å². The fourth-order valence-electron chi connectivity index (χ4n) is 6.16. The number of piperidine rings is 1. The van der Waals surface area contributed by atoms with Crippen molar-refractivity contribution < 1.29 is 31.7 Å². The van der Waals surface area contributed by atoms with Crippen LogP contribution >= 0.6 is 0 Å². The molecular formula is C29H27F3N4O5. The maximum absolute atomic E-state index is 13.1. The third kappa shape index (κ3) is 5.23. The van der Waals surface area contributed by atoms with E-state index in [0.29, 0.717) is 22.8 Å². The van der Waals surface area contributed by atoms with Gasteiger partial charge in [0.05, 0.1) is 18.8 Å². The van der Waals surface area contributed by atoms with Crippen molar-refractivity contribution >= 4 is 5.82 Å². The standard InChI is InChI=1S/C29H27F3N4O5/c30-29(31,32)39-23-4-2-1-3-21(23)27-22(28(41-35-27)16-5-6-16)15-38-20-11-18-8-9-19(12-20)36(18)25-10-7-17(14-33-25)24-13-26(37)34-40-24/h1-4,7,10,13-14,16,18-20H,5-6,8-9,11-12,15H2,(H,34,37). The van der Waals surface area contributed by atoms with Gasteiger partial charge in [-0.2, -0.15) is 5.16 Å². The second-order valence-corrected chi connectivity index (χ2v) is 10.9. The van der Waals surface area contributed by atoms with E-state index in [0.717, 1.165) is 49.9 Å². The van der Waals surface area contributed by atoms with Gasteiger partial charge in [0.2, 0.25) is 0 Å². The molecule has 0 spiro atoms. The summed E-state index contributed by atoms with van der Waals surface area (Å²) in [7, 11) is 0. The number of hydrogen-bond donors (Lipinski definition) is 1. The molecule has 2 unspecified atom stereocenters. The van der Waals surface area contributed by atoms with Gasteiger partial charge in [-0.3, -0.25) is 4.79 Å². The summed E-state index contributed by atoms with van der Waals surface area (Å²) >= 11 is 0. The van der Waals surface area contributed by atoms with Crippen LogP contribution in [0.4, 0.5) is 19.0 Å². The third-order valence-corrected chi connectivity index (χ3v) is 8.11. The molecular weight excluding hydrogens is 541 g/mol. The zero-order valence-electron chi connectivity index (χ0n) is 21.9. The molecule has 2 bridgehead atoms. The second-order valence-electron chi connectivity index (χ2n) is 10.9. The molecule has 3 aromatic heterocycles. The first-order valence-corrected chi connectivity index (χ1v) is 13.7. The highest BCUT2D eigenvalue weighted by Crippen LogP contribution is 2.46. The van der Waals surface area contributed by atoms with Crippen LogP contribution in [-0.4, -0.2) is 39.8 Å². The topological polar surface area (TPSA) is 107 Å². The Balaban J connectivity index is 1.07. The van der Waals surface area contributed by atoms with Crippen LogP contribution in [0.2, 0.25) is 0 Å². The van der Waals surface area contributed by atoms with Crippen LogP contribution in [-0.2, 0) is 11.3 Å². The number of nitrogens with one attached hydrogen (secondary N) is 1. The lowest BCUT2D eigenvalue weighted by molar-refractivity contribution is -0.274. The molecule has 1 aliphatic carbocycles. The number of para-hydroxylation sites is 1. The lowest BCUT2D eigenvalue weighted by Gasteiger charge is -2.39. The minimum Gasteiger partial charge on any atom is -0.405 e. The van der Waals surface area contributed by atoms with Crippen molar-refractivity contribution in [2.75, 3.05) is 4.90 Å². The summed E-state index contributed by atoms with van der Waals surface area (Å²) in [6.45, 7) is 0.198. The van der Waals surface area contributed by atoms with Crippen LogP contribution in [0, 0.1) is 0 Å². The summed E-state index contributed by atoms with van der Waals surface area (Å²) in [6, 6.07) is 11.7. The highest BCUT2D eigenvalue weighted by molar-refractivity contribution is 5.70. The Morgan fingerprint density at radius 2 is 1.83 bits per heavy atom. The molecule has 1 aromatic carbocycles. The van der Waals surface area contributed by atoms with Gasteiger partial charge in [-0.25, -0.2) is 4.98 Å². The first-order valence-electron chi connectivity index (χ1n) is 13.7. The average Bonchev–Trinajstić information content (AvgIpc) is 3.46. The normalized spacial score (nSPS) is 22.3. The van der Waals surface area contributed by atoms with Crippen molar-refractivity contribution in [3.8, 4) is 28.3 Å². The predicted octanol–water partition coefficient (Wildman–Crippen LogP) is 6.18. The number of rotatable bonds is 8. The molecule has 0 amide bonds. The Morgan fingerprint density at radius 3 is 2.49 bits per heavy atom. The predicted molar refractivity (Wildman–Crippen MR) is 140 cm³/mol. The van der Waals surface area contributed by atoms with Crippen molar-refractivity contribution in [2.24, 2.45) is 0 Å². The van der Waals surface area contributed by atoms with E-state index in [9.17, 15) is 18.0 Å². The highest BCUT2D eigenvalue weighted by atomic mass is 19.4. The third-order valence-electron chi connectivity index (χ3n) is 8.11. The Kier molecular flexibility index (Phi) is 6.37. The zero-order chi connectivity index (χ0) is 28.1. The number of H-pyrrole nitrogens is 1. The lowest BCUT2D eigenvalue weighted by atomic mass is 9.99. The number of hydrogen-bond acceptors (Lipinski definition) is 8. The summed E-state index contributed by atoms with van der Waals surface area (Å²) in [4.78, 5) is 18.4. The minimum atomic E-state index is -4.82. The lowest BCUT2D eigenvalue weighted by Crippen LogP contribution is -2.46. The quantitative estimate of drug-likeness (QED) is 0.269. The van der Waals surface area contributed by atoms with Crippen LogP contribution in [0.1, 0.15) is 55.8 Å². The van der Waals surface area contributed by atoms with Gasteiger partial charge in [0, 0.05) is 40.9 Å². The molecule has 41 heavy (non-hydrogen) atoms. The largest absolute Gasteiger partial charge is 0.573 e. The maximum atomic E-state index is 13.1. The first kappa shape index (κ1) is 25.9. The van der Waals surface area contributed by atoms with Crippen LogP contribution in [0.15, 0.2) is 62.5 Å². The fraction of sp³-hybridized carbons (Fsp3) is 0.414. The Bertz CT molecular complexity index is 1580. The van der Waals surface area contributed by atoms with Crippen molar-refractivity contribution in [1.29, 1.82) is 0 Å². The SMILES string of the molecule is O=c1cc(-c2ccc(N3C4CCC3CC(OCc3c(-c5ccccc5OC(F)(F)F)noc3C3CC3)C4)nc2)o[nH]1. The number of nitrogens with zero attached hydrogens (tertiary/aromatic N) is 3. The Hall–Kier alpha value is -4.06. The van der Waals surface area contributed by atoms with Gasteiger partial charge >= 0.3 is 6.36 Å². The Morgan fingerprint density at radius 1 is 1.05 bits per heavy atom. The number of halogens is 3. The number of alkyl halides is 3. The average molecular weight is 569 g/mol. The van der Waals surface area contributed by atoms with Crippen molar-refractivity contribution in [3.63, 3.8) is 0 Å². The number of pyridine rings is 1. The van der Waals surface area contributed by atoms with Gasteiger partial charge in [0.25, 0.3) is 5.56 Å². The van der Waals surface area contributed by atoms with Gasteiger partial charge in [-0.15, -0.1) is 13.2 Å². The van der Waals surface area contributed by atoms with E-state index in [1.54, 1.807) is 18.3 Å². The molecule has 1 saturated carbocycles. The molecule has 2 atom stereocenters. The van der Waals surface area contributed by atoms with E-state index in [2.05, 4.69) is 24.9 Å². The Labute approximate surface area is 232 Å². The number of anilines is 1. The molecule has 3 fully saturated rings. The smallest absolute Gasteiger partial charge is 0.405 e. The second kappa shape index (κ2) is 10.1. The number of benzene rings is 1. The molecule has 0 radical (unpaired) electrons. The number of ether oxygens (including phenoxy) is 2. The van der Waals surface area contributed by atoms with E-state index in [1.165, 1.54) is 18.2 Å². The summed E-state index contributed by atoms with van der Waals surface area (Å²) in [5.74, 6) is 1.88. The van der Waals surface area contributed by atoms with E-state index in [-0.39, 0.29) is 47.6 Å². The van der Waals surface area contributed by atoms with Crippen LogP contribution in [0.3, 0.4) is 0 Å². The van der Waals surface area contributed by atoms with Crippen molar-refractivity contribution in [2.45, 2.75) is 75.6 Å². The van der Waals surface area contributed by atoms with Gasteiger partial charge < -0.3 is 23.4 Å². The first-order chi connectivity index (χ1) is 19.8. The molecule has 3 aliphatic rings. The summed E-state index contributed by atoms with van der Waals surface area (Å²) in [5.41, 5.74) is 1.66. The molecule has 1 N–H and O–H groups in total.